The molecule has 0 aromatic carbocycles. The first-order valence-electron chi connectivity index (χ1n) is 8.31. The molecule has 1 N–H and O–H groups in total. The Labute approximate surface area is 130 Å². The van der Waals surface area contributed by atoms with Gasteiger partial charge in [-0.2, -0.15) is 5.10 Å². The zero-order valence-electron chi connectivity index (χ0n) is 15.0. The molecule has 21 heavy (non-hydrogen) atoms. The van der Waals surface area contributed by atoms with Gasteiger partial charge in [0.05, 0.1) is 5.69 Å². The third kappa shape index (κ3) is 4.07. The summed E-state index contributed by atoms with van der Waals surface area (Å²) in [6, 6.07) is 2.66. The average Bonchev–Trinajstić information content (AvgIpc) is 2.75. The first-order valence-corrected chi connectivity index (χ1v) is 8.31. The van der Waals surface area contributed by atoms with E-state index in [-0.39, 0.29) is 5.54 Å². The van der Waals surface area contributed by atoms with Crippen molar-refractivity contribution in [2.45, 2.75) is 65.0 Å². The van der Waals surface area contributed by atoms with Gasteiger partial charge in [0, 0.05) is 30.7 Å². The van der Waals surface area contributed by atoms with E-state index in [1.807, 2.05) is 4.68 Å². The molecule has 1 aromatic rings. The summed E-state index contributed by atoms with van der Waals surface area (Å²) in [6.07, 6.45) is 4.48. The lowest BCUT2D eigenvalue weighted by molar-refractivity contribution is 0.0873. The van der Waals surface area contributed by atoms with Gasteiger partial charge in [-0.1, -0.05) is 20.8 Å². The molecule has 1 rings (SSSR count). The highest BCUT2D eigenvalue weighted by Gasteiger charge is 2.37. The van der Waals surface area contributed by atoms with Crippen LogP contribution < -0.4 is 5.32 Å². The third-order valence-electron chi connectivity index (χ3n) is 4.92. The van der Waals surface area contributed by atoms with E-state index in [0.717, 1.165) is 37.9 Å². The minimum absolute atomic E-state index is 0.188. The molecule has 1 heterocycles. The minimum atomic E-state index is 0.188. The van der Waals surface area contributed by atoms with Crippen LogP contribution in [0.2, 0.25) is 0 Å². The van der Waals surface area contributed by atoms with Crippen LogP contribution in [0.15, 0.2) is 6.07 Å². The maximum absolute atomic E-state index is 4.50. The largest absolute Gasteiger partial charge is 0.312 e. The topological polar surface area (TPSA) is 33.1 Å². The van der Waals surface area contributed by atoms with Crippen LogP contribution in [0.5, 0.6) is 0 Å². The van der Waals surface area contributed by atoms with E-state index >= 15 is 0 Å². The van der Waals surface area contributed by atoms with Crippen molar-refractivity contribution in [3.05, 3.63) is 17.5 Å². The van der Waals surface area contributed by atoms with Crippen molar-refractivity contribution < 1.29 is 0 Å². The Morgan fingerprint density at radius 1 is 1.29 bits per heavy atom. The van der Waals surface area contributed by atoms with Crippen molar-refractivity contribution in [3.8, 4) is 0 Å². The molecular weight excluding hydrogens is 260 g/mol. The lowest BCUT2D eigenvalue weighted by atomic mass is 9.80. The number of rotatable bonds is 9. The Balaban J connectivity index is 3.05. The highest BCUT2D eigenvalue weighted by atomic mass is 15.3. The summed E-state index contributed by atoms with van der Waals surface area (Å²) in [7, 11) is 6.47. The molecule has 4 nitrogen and oxygen atoms in total. The third-order valence-corrected chi connectivity index (χ3v) is 4.92. The second kappa shape index (κ2) is 7.95. The molecule has 0 radical (unpaired) electrons. The average molecular weight is 294 g/mol. The molecule has 1 unspecified atom stereocenters. The number of likely N-dealkylation sites (N-methyl/N-ethyl adjacent to an activating group) is 1. The molecular formula is C17H34N4. The van der Waals surface area contributed by atoms with Crippen LogP contribution in [0.1, 0.15) is 51.4 Å². The molecule has 0 spiro atoms. The number of nitrogens with zero attached hydrogens (tertiary/aromatic N) is 3. The Morgan fingerprint density at radius 3 is 2.29 bits per heavy atom. The lowest BCUT2D eigenvalue weighted by Gasteiger charge is -2.45. The molecule has 0 aliphatic carbocycles. The van der Waals surface area contributed by atoms with Crippen LogP contribution in [-0.4, -0.2) is 46.9 Å². The van der Waals surface area contributed by atoms with Gasteiger partial charge in [0.1, 0.15) is 0 Å². The van der Waals surface area contributed by atoms with Gasteiger partial charge >= 0.3 is 0 Å². The van der Waals surface area contributed by atoms with E-state index in [2.05, 4.69) is 70.2 Å². The van der Waals surface area contributed by atoms with Gasteiger partial charge < -0.3 is 10.2 Å². The molecule has 4 heteroatoms. The molecule has 0 saturated heterocycles. The molecule has 0 amide bonds. The van der Waals surface area contributed by atoms with Crippen LogP contribution in [0, 0.1) is 6.92 Å². The van der Waals surface area contributed by atoms with Crippen molar-refractivity contribution in [3.63, 3.8) is 0 Å². The standard InChI is InChI=1S/C17H34N4/c1-8-11-18-16(17(9-2,10-3)20(5)6)13-15-12-14(4)19-21(15)7/h12,16,18H,8-11,13H2,1-7H3. The fourth-order valence-corrected chi connectivity index (χ4v) is 3.52. The van der Waals surface area contributed by atoms with E-state index in [0.29, 0.717) is 6.04 Å². The molecule has 0 saturated carbocycles. The van der Waals surface area contributed by atoms with Gasteiger partial charge in [-0.05, 0) is 52.9 Å². The SMILES string of the molecule is CCCNC(Cc1cc(C)nn1C)C(CC)(CC)N(C)C. The van der Waals surface area contributed by atoms with Gasteiger partial charge in [-0.25, -0.2) is 0 Å². The predicted molar refractivity (Wildman–Crippen MR) is 90.7 cm³/mol. The summed E-state index contributed by atoms with van der Waals surface area (Å²) >= 11 is 0. The Kier molecular flexibility index (Phi) is 6.88. The highest BCUT2D eigenvalue weighted by Crippen LogP contribution is 2.28. The Hall–Kier alpha value is -0.870. The molecule has 1 aromatic heterocycles. The summed E-state index contributed by atoms with van der Waals surface area (Å²) in [5.74, 6) is 0. The van der Waals surface area contributed by atoms with E-state index in [4.69, 9.17) is 0 Å². The second-order valence-corrected chi connectivity index (χ2v) is 6.32. The maximum Gasteiger partial charge on any atom is 0.0596 e. The fraction of sp³-hybridized carbons (Fsp3) is 0.824. The van der Waals surface area contributed by atoms with E-state index in [9.17, 15) is 0 Å². The minimum Gasteiger partial charge on any atom is -0.312 e. The normalized spacial score (nSPS) is 13.9. The van der Waals surface area contributed by atoms with Gasteiger partial charge in [-0.15, -0.1) is 0 Å². The zero-order chi connectivity index (χ0) is 16.0. The van der Waals surface area contributed by atoms with Crippen molar-refractivity contribution in [1.29, 1.82) is 0 Å². The number of aromatic nitrogens is 2. The number of nitrogens with one attached hydrogen (secondary N) is 1. The van der Waals surface area contributed by atoms with Crippen molar-refractivity contribution in [2.75, 3.05) is 20.6 Å². The monoisotopic (exact) mass is 294 g/mol. The number of hydrogen-bond acceptors (Lipinski definition) is 3. The molecule has 0 aliphatic rings. The summed E-state index contributed by atoms with van der Waals surface area (Å²) in [4.78, 5) is 2.41. The zero-order valence-corrected chi connectivity index (χ0v) is 15.0. The Morgan fingerprint density at radius 2 is 1.90 bits per heavy atom. The first kappa shape index (κ1) is 18.2. The van der Waals surface area contributed by atoms with Gasteiger partial charge in [0.25, 0.3) is 0 Å². The Bertz CT molecular complexity index is 418. The van der Waals surface area contributed by atoms with Gasteiger partial charge in [0.2, 0.25) is 0 Å². The van der Waals surface area contributed by atoms with E-state index < -0.39 is 0 Å². The summed E-state index contributed by atoms with van der Waals surface area (Å²) in [6.45, 7) is 9.97. The molecule has 1 atom stereocenters. The van der Waals surface area contributed by atoms with Crippen LogP contribution in [0.4, 0.5) is 0 Å². The molecule has 0 bridgehead atoms. The van der Waals surface area contributed by atoms with Gasteiger partial charge in [0.15, 0.2) is 0 Å². The predicted octanol–water partition coefficient (Wildman–Crippen LogP) is 2.76. The van der Waals surface area contributed by atoms with E-state index in [1.54, 1.807) is 0 Å². The van der Waals surface area contributed by atoms with Crippen LogP contribution in [-0.2, 0) is 13.5 Å². The smallest absolute Gasteiger partial charge is 0.0596 e. The summed E-state index contributed by atoms with van der Waals surface area (Å²) in [5, 5.41) is 8.29. The van der Waals surface area contributed by atoms with Crippen molar-refractivity contribution in [1.82, 2.24) is 20.0 Å². The fourth-order valence-electron chi connectivity index (χ4n) is 3.52. The highest BCUT2D eigenvalue weighted by molar-refractivity contribution is 5.13. The van der Waals surface area contributed by atoms with Crippen LogP contribution in [0.25, 0.3) is 0 Å². The first-order chi connectivity index (χ1) is 9.91. The lowest BCUT2D eigenvalue weighted by Crippen LogP contribution is -2.59. The summed E-state index contributed by atoms with van der Waals surface area (Å²) < 4.78 is 2.03. The second-order valence-electron chi connectivity index (χ2n) is 6.32. The number of hydrogen-bond donors (Lipinski definition) is 1. The molecule has 0 fully saturated rings. The quantitative estimate of drug-likeness (QED) is 0.760. The van der Waals surface area contributed by atoms with E-state index in [1.165, 1.54) is 5.69 Å². The van der Waals surface area contributed by atoms with Crippen molar-refractivity contribution in [2.24, 2.45) is 7.05 Å². The van der Waals surface area contributed by atoms with Crippen LogP contribution >= 0.6 is 0 Å². The van der Waals surface area contributed by atoms with Crippen LogP contribution in [0.3, 0.4) is 0 Å². The summed E-state index contributed by atoms with van der Waals surface area (Å²) in [5.41, 5.74) is 2.60. The molecule has 122 valence electrons. The van der Waals surface area contributed by atoms with Gasteiger partial charge in [-0.3, -0.25) is 4.68 Å². The maximum atomic E-state index is 4.50. The molecule has 0 aliphatic heterocycles. The van der Waals surface area contributed by atoms with Crippen molar-refractivity contribution >= 4 is 0 Å². The number of aryl methyl sites for hydroxylation is 2.